The van der Waals surface area contributed by atoms with Crippen LogP contribution in [-0.2, 0) is 13.1 Å². The van der Waals surface area contributed by atoms with Crippen molar-refractivity contribution in [2.24, 2.45) is 0 Å². The van der Waals surface area contributed by atoms with Crippen LogP contribution in [0.4, 0.5) is 5.69 Å². The van der Waals surface area contributed by atoms with Crippen molar-refractivity contribution >= 4 is 17.3 Å². The van der Waals surface area contributed by atoms with Crippen molar-refractivity contribution in [2.75, 3.05) is 7.11 Å². The Balaban J connectivity index is 1.99. The molecular formula is C15H15ClN2O3. The van der Waals surface area contributed by atoms with E-state index in [4.69, 9.17) is 16.3 Å². The second-order valence-electron chi connectivity index (χ2n) is 4.46. The summed E-state index contributed by atoms with van der Waals surface area (Å²) in [6.07, 6.45) is 0. The molecule has 0 radical (unpaired) electrons. The lowest BCUT2D eigenvalue weighted by molar-refractivity contribution is -0.385. The molecule has 0 bridgehead atoms. The summed E-state index contributed by atoms with van der Waals surface area (Å²) < 4.78 is 5.09. The molecule has 0 heterocycles. The van der Waals surface area contributed by atoms with Crippen molar-refractivity contribution in [3.8, 4) is 5.75 Å². The Morgan fingerprint density at radius 2 is 2.00 bits per heavy atom. The number of rotatable bonds is 6. The molecule has 2 aromatic rings. The van der Waals surface area contributed by atoms with Gasteiger partial charge in [0.2, 0.25) is 0 Å². The molecule has 6 heteroatoms. The average Bonchev–Trinajstić information content (AvgIpc) is 2.48. The lowest BCUT2D eigenvalue weighted by Gasteiger charge is -2.08. The number of nitro benzene ring substituents is 1. The molecule has 1 N–H and O–H groups in total. The Kier molecular flexibility index (Phi) is 5.14. The predicted octanol–water partition coefficient (Wildman–Crippen LogP) is 3.55. The highest BCUT2D eigenvalue weighted by atomic mass is 35.5. The number of ether oxygens (including phenoxy) is 1. The van der Waals surface area contributed by atoms with Crippen molar-refractivity contribution in [2.45, 2.75) is 13.1 Å². The molecule has 5 nitrogen and oxygen atoms in total. The molecule has 0 aromatic heterocycles. The first kappa shape index (κ1) is 15.3. The number of para-hydroxylation sites is 1. The maximum Gasteiger partial charge on any atom is 0.273 e. The first-order valence-corrected chi connectivity index (χ1v) is 6.75. The summed E-state index contributed by atoms with van der Waals surface area (Å²) in [6.45, 7) is 0.983. The minimum absolute atomic E-state index is 0.123. The zero-order valence-electron chi connectivity index (χ0n) is 11.5. The number of nitrogens with zero attached hydrogens (tertiary/aromatic N) is 1. The van der Waals surface area contributed by atoms with Gasteiger partial charge in [0, 0.05) is 24.7 Å². The van der Waals surface area contributed by atoms with E-state index in [0.29, 0.717) is 29.4 Å². The first-order valence-electron chi connectivity index (χ1n) is 6.37. The summed E-state index contributed by atoms with van der Waals surface area (Å²) in [5.41, 5.74) is 1.76. The van der Waals surface area contributed by atoms with Gasteiger partial charge in [0.1, 0.15) is 5.75 Å². The summed E-state index contributed by atoms with van der Waals surface area (Å²) >= 11 is 6.05. The number of hydrogen-bond acceptors (Lipinski definition) is 4. The highest BCUT2D eigenvalue weighted by molar-refractivity contribution is 6.32. The SMILES string of the molecule is COc1ccc(CNCc2ccccc2[N+](=O)[O-])cc1Cl. The number of methoxy groups -OCH3 is 1. The molecule has 0 atom stereocenters. The van der Waals surface area contributed by atoms with E-state index in [0.717, 1.165) is 5.56 Å². The van der Waals surface area contributed by atoms with Crippen LogP contribution >= 0.6 is 11.6 Å². The van der Waals surface area contributed by atoms with E-state index in [1.807, 2.05) is 12.1 Å². The van der Waals surface area contributed by atoms with Crippen LogP contribution in [0.1, 0.15) is 11.1 Å². The van der Waals surface area contributed by atoms with E-state index in [1.165, 1.54) is 6.07 Å². The zero-order chi connectivity index (χ0) is 15.2. The highest BCUT2D eigenvalue weighted by Gasteiger charge is 2.11. The van der Waals surface area contributed by atoms with Gasteiger partial charge in [-0.3, -0.25) is 10.1 Å². The largest absolute Gasteiger partial charge is 0.495 e. The van der Waals surface area contributed by atoms with Crippen molar-refractivity contribution in [1.82, 2.24) is 5.32 Å². The summed E-state index contributed by atoms with van der Waals surface area (Å²) in [6, 6.07) is 12.2. The smallest absolute Gasteiger partial charge is 0.273 e. The van der Waals surface area contributed by atoms with Crippen LogP contribution in [0.5, 0.6) is 5.75 Å². The van der Waals surface area contributed by atoms with Gasteiger partial charge >= 0.3 is 0 Å². The molecule has 21 heavy (non-hydrogen) atoms. The van der Waals surface area contributed by atoms with E-state index in [2.05, 4.69) is 5.32 Å². The van der Waals surface area contributed by atoms with Crippen LogP contribution in [0.15, 0.2) is 42.5 Å². The van der Waals surface area contributed by atoms with Gasteiger partial charge in [0.25, 0.3) is 5.69 Å². The van der Waals surface area contributed by atoms with E-state index >= 15 is 0 Å². The molecule has 2 rings (SSSR count). The number of halogens is 1. The third-order valence-electron chi connectivity index (χ3n) is 3.05. The molecule has 0 aliphatic rings. The monoisotopic (exact) mass is 306 g/mol. The number of hydrogen-bond donors (Lipinski definition) is 1. The van der Waals surface area contributed by atoms with Crippen molar-refractivity contribution in [3.05, 3.63) is 68.7 Å². The summed E-state index contributed by atoms with van der Waals surface area (Å²) in [5, 5.41) is 14.6. The van der Waals surface area contributed by atoms with E-state index in [1.54, 1.807) is 31.4 Å². The number of benzene rings is 2. The Labute approximate surface area is 127 Å². The molecule has 0 saturated heterocycles. The highest BCUT2D eigenvalue weighted by Crippen LogP contribution is 2.25. The molecule has 0 saturated carbocycles. The second-order valence-corrected chi connectivity index (χ2v) is 4.87. The molecule has 0 fully saturated rings. The fraction of sp³-hybridized carbons (Fsp3) is 0.200. The molecule has 0 spiro atoms. The fourth-order valence-electron chi connectivity index (χ4n) is 2.00. The maximum atomic E-state index is 10.9. The normalized spacial score (nSPS) is 10.4. The minimum atomic E-state index is -0.374. The Morgan fingerprint density at radius 1 is 1.24 bits per heavy atom. The molecule has 2 aromatic carbocycles. The topological polar surface area (TPSA) is 64.4 Å². The quantitative estimate of drug-likeness (QED) is 0.655. The molecular weight excluding hydrogens is 292 g/mol. The lowest BCUT2D eigenvalue weighted by atomic mass is 10.1. The maximum absolute atomic E-state index is 10.9. The average molecular weight is 307 g/mol. The van der Waals surface area contributed by atoms with Gasteiger partial charge in [0.15, 0.2) is 0 Å². The van der Waals surface area contributed by atoms with Gasteiger partial charge in [-0.2, -0.15) is 0 Å². The Hall–Kier alpha value is -2.11. The zero-order valence-corrected chi connectivity index (χ0v) is 12.3. The predicted molar refractivity (Wildman–Crippen MR) is 81.6 cm³/mol. The number of nitro groups is 1. The van der Waals surface area contributed by atoms with Gasteiger partial charge in [-0.05, 0) is 17.7 Å². The van der Waals surface area contributed by atoms with Gasteiger partial charge in [-0.25, -0.2) is 0 Å². The van der Waals surface area contributed by atoms with Gasteiger partial charge in [0.05, 0.1) is 17.1 Å². The van der Waals surface area contributed by atoms with Gasteiger partial charge in [-0.1, -0.05) is 35.9 Å². The van der Waals surface area contributed by atoms with Crippen molar-refractivity contribution < 1.29 is 9.66 Å². The van der Waals surface area contributed by atoms with Crippen LogP contribution in [0.3, 0.4) is 0 Å². The van der Waals surface area contributed by atoms with Crippen molar-refractivity contribution in [1.29, 1.82) is 0 Å². The minimum Gasteiger partial charge on any atom is -0.495 e. The van der Waals surface area contributed by atoms with Gasteiger partial charge in [-0.15, -0.1) is 0 Å². The summed E-state index contributed by atoms with van der Waals surface area (Å²) in [4.78, 5) is 10.5. The van der Waals surface area contributed by atoms with E-state index in [-0.39, 0.29) is 10.6 Å². The molecule has 0 amide bonds. The fourth-order valence-corrected chi connectivity index (χ4v) is 2.28. The molecule has 0 aliphatic heterocycles. The molecule has 0 aliphatic carbocycles. The number of nitrogens with one attached hydrogen (secondary N) is 1. The van der Waals surface area contributed by atoms with Crippen LogP contribution in [0.25, 0.3) is 0 Å². The summed E-state index contributed by atoms with van der Waals surface area (Å²) in [5.74, 6) is 0.624. The van der Waals surface area contributed by atoms with Crippen LogP contribution in [0.2, 0.25) is 5.02 Å². The second kappa shape index (κ2) is 7.06. The first-order chi connectivity index (χ1) is 10.1. The molecule has 0 unspecified atom stereocenters. The van der Waals surface area contributed by atoms with E-state index < -0.39 is 0 Å². The van der Waals surface area contributed by atoms with Crippen molar-refractivity contribution in [3.63, 3.8) is 0 Å². The third-order valence-corrected chi connectivity index (χ3v) is 3.34. The Bertz CT molecular complexity index is 647. The Morgan fingerprint density at radius 3 is 2.67 bits per heavy atom. The standard InChI is InChI=1S/C15H15ClN2O3/c1-21-15-7-6-11(8-13(15)16)9-17-10-12-4-2-3-5-14(12)18(19)20/h2-8,17H,9-10H2,1H3. The van der Waals surface area contributed by atoms with Crippen LogP contribution in [-0.4, -0.2) is 12.0 Å². The van der Waals surface area contributed by atoms with Crippen LogP contribution < -0.4 is 10.1 Å². The third kappa shape index (κ3) is 3.93. The molecule has 110 valence electrons. The van der Waals surface area contributed by atoms with E-state index in [9.17, 15) is 10.1 Å². The van der Waals surface area contributed by atoms with Gasteiger partial charge < -0.3 is 10.1 Å². The van der Waals surface area contributed by atoms with Crippen LogP contribution in [0, 0.1) is 10.1 Å². The summed E-state index contributed by atoms with van der Waals surface area (Å²) in [7, 11) is 1.56. The lowest BCUT2D eigenvalue weighted by Crippen LogP contribution is -2.13.